The van der Waals surface area contributed by atoms with Gasteiger partial charge in [-0.1, -0.05) is 28.1 Å². The zero-order valence-electron chi connectivity index (χ0n) is 17.8. The minimum atomic E-state index is -0.175. The quantitative estimate of drug-likeness (QED) is 0.557. The molecule has 0 aliphatic rings. The van der Waals surface area contributed by atoms with E-state index in [0.29, 0.717) is 23.0 Å². The average Bonchev–Trinajstić information content (AvgIpc) is 2.76. The van der Waals surface area contributed by atoms with E-state index >= 15 is 0 Å². The Morgan fingerprint density at radius 2 is 1.87 bits per heavy atom. The van der Waals surface area contributed by atoms with E-state index in [1.165, 1.54) is 10.9 Å². The summed E-state index contributed by atoms with van der Waals surface area (Å²) in [5.41, 5.74) is 1.95. The first-order chi connectivity index (χ1) is 14.8. The van der Waals surface area contributed by atoms with Gasteiger partial charge in [-0.3, -0.25) is 19.0 Å². The van der Waals surface area contributed by atoms with Gasteiger partial charge >= 0.3 is 0 Å². The van der Waals surface area contributed by atoms with Crippen LogP contribution >= 0.6 is 15.9 Å². The number of carbonyl (C=O) groups is 2. The second kappa shape index (κ2) is 9.87. The Hall–Kier alpha value is -3.00. The number of hydrogen-bond donors (Lipinski definition) is 1. The van der Waals surface area contributed by atoms with Crippen LogP contribution in [0.5, 0.6) is 0 Å². The van der Waals surface area contributed by atoms with Gasteiger partial charge in [0.15, 0.2) is 0 Å². The molecule has 0 bridgehead atoms. The zero-order chi connectivity index (χ0) is 22.5. The maximum Gasteiger partial charge on any atom is 0.261 e. The molecule has 7 nitrogen and oxygen atoms in total. The lowest BCUT2D eigenvalue weighted by atomic mass is 10.1. The van der Waals surface area contributed by atoms with Gasteiger partial charge < -0.3 is 10.2 Å². The fourth-order valence-electron chi connectivity index (χ4n) is 3.00. The van der Waals surface area contributed by atoms with Crippen molar-refractivity contribution in [3.8, 4) is 0 Å². The first-order valence-corrected chi connectivity index (χ1v) is 10.8. The second-order valence-electron chi connectivity index (χ2n) is 7.64. The minimum absolute atomic E-state index is 0.0351. The molecule has 1 heterocycles. The average molecular weight is 485 g/mol. The number of amides is 2. The molecule has 31 heavy (non-hydrogen) atoms. The van der Waals surface area contributed by atoms with Crippen molar-refractivity contribution in [3.05, 3.63) is 74.7 Å². The van der Waals surface area contributed by atoms with E-state index < -0.39 is 0 Å². The molecule has 0 aliphatic heterocycles. The van der Waals surface area contributed by atoms with Crippen molar-refractivity contribution in [2.45, 2.75) is 39.4 Å². The highest BCUT2D eigenvalue weighted by Gasteiger charge is 2.14. The van der Waals surface area contributed by atoms with E-state index in [0.717, 1.165) is 10.0 Å². The van der Waals surface area contributed by atoms with Crippen LogP contribution in [0.4, 0.5) is 0 Å². The van der Waals surface area contributed by atoms with E-state index in [1.54, 1.807) is 36.2 Å². The van der Waals surface area contributed by atoms with Crippen LogP contribution in [0.2, 0.25) is 0 Å². The minimum Gasteiger partial charge on any atom is -0.352 e. The third-order valence-electron chi connectivity index (χ3n) is 5.15. The SMILES string of the molecule is CC(C)N(C)C(=O)c1ccc(CNC(=O)CCn2cnc3ccc(Br)cc3c2=O)cc1. The number of aromatic nitrogens is 2. The van der Waals surface area contributed by atoms with E-state index in [9.17, 15) is 14.4 Å². The summed E-state index contributed by atoms with van der Waals surface area (Å²) in [5.74, 6) is -0.201. The molecular weight excluding hydrogens is 460 g/mol. The Kier molecular flexibility index (Phi) is 7.22. The lowest BCUT2D eigenvalue weighted by molar-refractivity contribution is -0.121. The van der Waals surface area contributed by atoms with Gasteiger partial charge in [-0.15, -0.1) is 0 Å². The Bertz CT molecular complexity index is 1160. The Labute approximate surface area is 189 Å². The maximum atomic E-state index is 12.6. The van der Waals surface area contributed by atoms with Crippen LogP contribution in [0.1, 0.15) is 36.2 Å². The number of carbonyl (C=O) groups excluding carboxylic acids is 2. The molecule has 3 aromatic rings. The maximum absolute atomic E-state index is 12.6. The lowest BCUT2D eigenvalue weighted by Gasteiger charge is -2.21. The number of nitrogens with zero attached hydrogens (tertiary/aromatic N) is 3. The van der Waals surface area contributed by atoms with Gasteiger partial charge in [0, 0.05) is 42.6 Å². The van der Waals surface area contributed by atoms with Crippen molar-refractivity contribution in [1.82, 2.24) is 19.8 Å². The van der Waals surface area contributed by atoms with Crippen LogP contribution in [-0.2, 0) is 17.9 Å². The molecule has 0 saturated heterocycles. The van der Waals surface area contributed by atoms with Gasteiger partial charge in [-0.2, -0.15) is 0 Å². The number of aryl methyl sites for hydroxylation is 1. The van der Waals surface area contributed by atoms with Crippen molar-refractivity contribution in [2.24, 2.45) is 0 Å². The molecule has 162 valence electrons. The van der Waals surface area contributed by atoms with Crippen molar-refractivity contribution in [3.63, 3.8) is 0 Å². The molecule has 1 N–H and O–H groups in total. The number of nitrogens with one attached hydrogen (secondary N) is 1. The van der Waals surface area contributed by atoms with Crippen LogP contribution in [0.15, 0.2) is 58.1 Å². The summed E-state index contributed by atoms with van der Waals surface area (Å²) in [7, 11) is 1.77. The summed E-state index contributed by atoms with van der Waals surface area (Å²) in [6.07, 6.45) is 1.63. The smallest absolute Gasteiger partial charge is 0.261 e. The fourth-order valence-corrected chi connectivity index (χ4v) is 3.37. The van der Waals surface area contributed by atoms with Gasteiger partial charge in [0.25, 0.3) is 11.5 Å². The van der Waals surface area contributed by atoms with E-state index in [1.807, 2.05) is 32.0 Å². The first kappa shape index (κ1) is 22.7. The third kappa shape index (κ3) is 5.58. The number of hydrogen-bond acceptors (Lipinski definition) is 4. The number of benzene rings is 2. The molecule has 3 rings (SSSR count). The topological polar surface area (TPSA) is 84.3 Å². The molecule has 0 spiro atoms. The predicted molar refractivity (Wildman–Crippen MR) is 124 cm³/mol. The molecule has 2 aromatic carbocycles. The largest absolute Gasteiger partial charge is 0.352 e. The molecule has 0 atom stereocenters. The monoisotopic (exact) mass is 484 g/mol. The van der Waals surface area contributed by atoms with E-state index in [4.69, 9.17) is 0 Å². The summed E-state index contributed by atoms with van der Waals surface area (Å²) >= 11 is 3.36. The zero-order valence-corrected chi connectivity index (χ0v) is 19.3. The summed E-state index contributed by atoms with van der Waals surface area (Å²) < 4.78 is 2.25. The highest BCUT2D eigenvalue weighted by Crippen LogP contribution is 2.15. The second-order valence-corrected chi connectivity index (χ2v) is 8.55. The molecule has 0 radical (unpaired) electrons. The van der Waals surface area contributed by atoms with Crippen molar-refractivity contribution >= 4 is 38.6 Å². The normalized spacial score (nSPS) is 11.0. The number of fused-ring (bicyclic) bond motifs is 1. The summed E-state index contributed by atoms with van der Waals surface area (Å²) in [6.45, 7) is 4.52. The molecule has 2 amide bonds. The van der Waals surface area contributed by atoms with E-state index in [-0.39, 0.29) is 36.4 Å². The van der Waals surface area contributed by atoms with Gasteiger partial charge in [0.1, 0.15) is 0 Å². The predicted octanol–water partition coefficient (Wildman–Crippen LogP) is 3.35. The molecule has 0 unspecified atom stereocenters. The molecule has 0 fully saturated rings. The highest BCUT2D eigenvalue weighted by molar-refractivity contribution is 9.10. The summed E-state index contributed by atoms with van der Waals surface area (Å²) in [5, 5.41) is 3.36. The van der Waals surface area contributed by atoms with Gasteiger partial charge in [0.2, 0.25) is 5.91 Å². The molecule has 1 aromatic heterocycles. The van der Waals surface area contributed by atoms with Gasteiger partial charge in [-0.25, -0.2) is 4.98 Å². The van der Waals surface area contributed by atoms with Crippen molar-refractivity contribution in [2.75, 3.05) is 7.05 Å². The van der Waals surface area contributed by atoms with Crippen molar-refractivity contribution in [1.29, 1.82) is 0 Å². The Morgan fingerprint density at radius 1 is 1.16 bits per heavy atom. The molecule has 0 saturated carbocycles. The van der Waals surface area contributed by atoms with Crippen LogP contribution in [0, 0.1) is 0 Å². The van der Waals surface area contributed by atoms with Gasteiger partial charge in [0.05, 0.1) is 17.2 Å². The standard InChI is InChI=1S/C23H25BrN4O3/c1-15(2)27(3)22(30)17-6-4-16(5-7-17)13-25-21(29)10-11-28-14-26-20-9-8-18(24)12-19(20)23(28)31/h4-9,12,14-15H,10-11,13H2,1-3H3,(H,25,29). The molecule has 0 aliphatic carbocycles. The van der Waals surface area contributed by atoms with Crippen molar-refractivity contribution < 1.29 is 9.59 Å². The first-order valence-electron chi connectivity index (χ1n) is 10.0. The summed E-state index contributed by atoms with van der Waals surface area (Å²) in [6, 6.07) is 12.7. The van der Waals surface area contributed by atoms with Crippen LogP contribution in [0.25, 0.3) is 10.9 Å². The Morgan fingerprint density at radius 3 is 2.55 bits per heavy atom. The van der Waals surface area contributed by atoms with Crippen LogP contribution < -0.4 is 10.9 Å². The highest BCUT2D eigenvalue weighted by atomic mass is 79.9. The molecule has 8 heteroatoms. The summed E-state index contributed by atoms with van der Waals surface area (Å²) in [4.78, 5) is 43.1. The van der Waals surface area contributed by atoms with Gasteiger partial charge in [-0.05, 0) is 49.7 Å². The lowest BCUT2D eigenvalue weighted by Crippen LogP contribution is -2.33. The fraction of sp³-hybridized carbons (Fsp3) is 0.304. The Balaban J connectivity index is 1.55. The van der Waals surface area contributed by atoms with Crippen LogP contribution in [0.3, 0.4) is 0 Å². The van der Waals surface area contributed by atoms with Crippen LogP contribution in [-0.4, -0.2) is 39.4 Å². The number of rotatable bonds is 7. The van der Waals surface area contributed by atoms with E-state index in [2.05, 4.69) is 26.2 Å². The molecular formula is C23H25BrN4O3. The number of halogens is 1. The third-order valence-corrected chi connectivity index (χ3v) is 5.64.